The average Bonchev–Trinajstić information content (AvgIpc) is 3.10. The molecule has 1 aliphatic rings. The van der Waals surface area contributed by atoms with Gasteiger partial charge in [-0.3, -0.25) is 9.59 Å². The predicted molar refractivity (Wildman–Crippen MR) is 90.7 cm³/mol. The van der Waals surface area contributed by atoms with Crippen molar-refractivity contribution in [1.29, 1.82) is 0 Å². The van der Waals surface area contributed by atoms with Crippen molar-refractivity contribution in [2.24, 2.45) is 5.73 Å². The maximum Gasteiger partial charge on any atom is 0.256 e. The topological polar surface area (TPSA) is 72.2 Å². The second-order valence-electron chi connectivity index (χ2n) is 5.99. The molecule has 0 atom stereocenters. The molecule has 0 spiro atoms. The molecule has 0 fully saturated rings. The number of halogens is 6. The molecule has 0 bridgehead atoms. The number of nitrogens with one attached hydrogen (secondary N) is 1. The van der Waals surface area contributed by atoms with Crippen molar-refractivity contribution in [2.45, 2.75) is 18.8 Å². The predicted octanol–water partition coefficient (Wildman–Crippen LogP) is 4.06. The zero-order valence-electron chi connectivity index (χ0n) is 19.1. The Kier molecular flexibility index (Phi) is 3.67. The van der Waals surface area contributed by atoms with Gasteiger partial charge in [0.1, 0.15) is 5.69 Å². The summed E-state index contributed by atoms with van der Waals surface area (Å²) in [5.74, 6) is -15.6. The molecule has 0 heterocycles. The Hall–Kier alpha value is -3.30. The van der Waals surface area contributed by atoms with Crippen LogP contribution in [-0.4, -0.2) is 17.7 Å². The van der Waals surface area contributed by atoms with Gasteiger partial charge in [0.05, 0.1) is 12.4 Å². The van der Waals surface area contributed by atoms with E-state index in [1.54, 1.807) is 0 Å². The van der Waals surface area contributed by atoms with Gasteiger partial charge in [0.15, 0.2) is 23.3 Å². The molecule has 0 aromatic heterocycles. The first-order valence-corrected chi connectivity index (χ1v) is 7.75. The fourth-order valence-corrected chi connectivity index (χ4v) is 2.77. The molecule has 1 aliphatic carbocycles. The minimum Gasteiger partial charge on any atom is -0.366 e. The van der Waals surface area contributed by atoms with Crippen LogP contribution in [0.4, 0.5) is 32.0 Å². The summed E-state index contributed by atoms with van der Waals surface area (Å²) in [6.45, 7) is 0. The van der Waals surface area contributed by atoms with E-state index in [1.165, 1.54) is 5.32 Å². The van der Waals surface area contributed by atoms with E-state index >= 15 is 0 Å². The van der Waals surface area contributed by atoms with Crippen LogP contribution in [0.25, 0.3) is 11.1 Å². The Balaban J connectivity index is 2.17. The van der Waals surface area contributed by atoms with Gasteiger partial charge in [0, 0.05) is 24.0 Å². The summed E-state index contributed by atoms with van der Waals surface area (Å²) in [7, 11) is 0. The van der Waals surface area contributed by atoms with Gasteiger partial charge >= 0.3 is 0 Å². The third kappa shape index (κ3) is 3.69. The largest absolute Gasteiger partial charge is 0.366 e. The minimum absolute atomic E-state index is 0.833. The molecule has 4 nitrogen and oxygen atoms in total. The van der Waals surface area contributed by atoms with Crippen molar-refractivity contribution < 1.29 is 42.8 Å². The SMILES string of the molecule is [2H]c1c([2H])c([2H])c(-c2c(F)c(F)c(NC(=O)C3=C(C(N)=O)CC(F)(F)C3)c(F)c2F)c([2H])c1[2H]. The highest BCUT2D eigenvalue weighted by molar-refractivity contribution is 6.10. The van der Waals surface area contributed by atoms with E-state index in [4.69, 9.17) is 12.6 Å². The zero-order chi connectivity index (χ0) is 25.9. The Bertz CT molecular complexity index is 1260. The van der Waals surface area contributed by atoms with Crippen LogP contribution < -0.4 is 11.1 Å². The van der Waals surface area contributed by atoms with E-state index < -0.39 is 112 Å². The van der Waals surface area contributed by atoms with Gasteiger partial charge in [-0.25, -0.2) is 26.3 Å². The van der Waals surface area contributed by atoms with E-state index in [0.717, 1.165) is 0 Å². The van der Waals surface area contributed by atoms with Crippen LogP contribution in [0.2, 0.25) is 0 Å². The van der Waals surface area contributed by atoms with E-state index in [-0.39, 0.29) is 0 Å². The average molecular weight is 419 g/mol. The first-order valence-electron chi connectivity index (χ1n) is 10.2. The summed E-state index contributed by atoms with van der Waals surface area (Å²) in [6, 6.07) is -5.34. The molecular weight excluding hydrogens is 402 g/mol. The number of rotatable bonds is 4. The van der Waals surface area contributed by atoms with Gasteiger partial charge in [0.25, 0.3) is 11.8 Å². The highest BCUT2D eigenvalue weighted by Crippen LogP contribution is 2.40. The highest BCUT2D eigenvalue weighted by atomic mass is 19.3. The second-order valence-corrected chi connectivity index (χ2v) is 5.99. The molecule has 29 heavy (non-hydrogen) atoms. The van der Waals surface area contributed by atoms with E-state index in [1.807, 2.05) is 0 Å². The molecule has 0 unspecified atom stereocenters. The van der Waals surface area contributed by atoms with Crippen molar-refractivity contribution in [3.63, 3.8) is 0 Å². The Morgan fingerprint density at radius 3 is 1.97 bits per heavy atom. The molecule has 152 valence electrons. The van der Waals surface area contributed by atoms with Crippen LogP contribution in [0.1, 0.15) is 19.7 Å². The quantitative estimate of drug-likeness (QED) is 0.580. The molecule has 3 rings (SSSR count). The Morgan fingerprint density at radius 1 is 0.931 bits per heavy atom. The number of carbonyl (C=O) groups is 2. The number of hydrogen-bond donors (Lipinski definition) is 2. The van der Waals surface area contributed by atoms with Crippen molar-refractivity contribution in [3.05, 3.63) is 64.6 Å². The maximum absolute atomic E-state index is 14.8. The second kappa shape index (κ2) is 7.26. The Labute approximate surface area is 167 Å². The lowest BCUT2D eigenvalue weighted by Crippen LogP contribution is -2.21. The summed E-state index contributed by atoms with van der Waals surface area (Å²) in [4.78, 5) is 23.7. The van der Waals surface area contributed by atoms with Crippen LogP contribution in [0, 0.1) is 23.3 Å². The van der Waals surface area contributed by atoms with E-state index in [2.05, 4.69) is 0 Å². The third-order valence-corrected chi connectivity index (χ3v) is 4.06. The van der Waals surface area contributed by atoms with Crippen molar-refractivity contribution >= 4 is 17.5 Å². The number of carbonyl (C=O) groups excluding carboxylic acids is 2. The van der Waals surface area contributed by atoms with Gasteiger partial charge in [-0.2, -0.15) is 0 Å². The van der Waals surface area contributed by atoms with Crippen molar-refractivity contribution in [2.75, 3.05) is 5.32 Å². The highest BCUT2D eigenvalue weighted by Gasteiger charge is 2.43. The molecular formula is C19H12F6N2O2. The molecule has 10 heteroatoms. The van der Waals surface area contributed by atoms with Crippen molar-refractivity contribution in [1.82, 2.24) is 0 Å². The summed E-state index contributed by atoms with van der Waals surface area (Å²) >= 11 is 0. The summed E-state index contributed by atoms with van der Waals surface area (Å²) in [6.07, 6.45) is -2.56. The first-order chi connectivity index (χ1) is 15.6. The summed E-state index contributed by atoms with van der Waals surface area (Å²) in [5, 5.41) is 1.40. The molecule has 0 radical (unpaired) electrons. The number of benzene rings is 2. The molecule has 3 N–H and O–H groups in total. The van der Waals surface area contributed by atoms with Gasteiger partial charge in [0.2, 0.25) is 5.91 Å². The van der Waals surface area contributed by atoms with E-state index in [0.29, 0.717) is 0 Å². The lowest BCUT2D eigenvalue weighted by molar-refractivity contribution is -0.116. The molecule has 0 saturated heterocycles. The van der Waals surface area contributed by atoms with Crippen LogP contribution >= 0.6 is 0 Å². The number of hydrogen-bond acceptors (Lipinski definition) is 2. The monoisotopic (exact) mass is 419 g/mol. The molecule has 2 amide bonds. The summed E-state index contributed by atoms with van der Waals surface area (Å²) < 4.78 is 124. The zero-order valence-corrected chi connectivity index (χ0v) is 14.1. The number of nitrogens with two attached hydrogens (primary N) is 1. The number of anilines is 1. The van der Waals surface area contributed by atoms with Gasteiger partial charge in [-0.05, 0) is 5.56 Å². The summed E-state index contributed by atoms with van der Waals surface area (Å²) in [5.41, 5.74) is -1.41. The molecule has 0 saturated carbocycles. The smallest absolute Gasteiger partial charge is 0.256 e. The first kappa shape index (κ1) is 14.7. The molecule has 0 aliphatic heterocycles. The van der Waals surface area contributed by atoms with E-state index in [9.17, 15) is 35.9 Å². The van der Waals surface area contributed by atoms with Crippen LogP contribution in [0.15, 0.2) is 41.4 Å². The van der Waals surface area contributed by atoms with Crippen molar-refractivity contribution in [3.8, 4) is 11.1 Å². The van der Waals surface area contributed by atoms with Crippen LogP contribution in [-0.2, 0) is 9.59 Å². The third-order valence-electron chi connectivity index (χ3n) is 4.06. The maximum atomic E-state index is 14.8. The fraction of sp³-hybridized carbons (Fsp3) is 0.158. The van der Waals surface area contributed by atoms with Crippen LogP contribution in [0.3, 0.4) is 0 Å². The number of alkyl halides is 2. The van der Waals surface area contributed by atoms with Gasteiger partial charge in [-0.1, -0.05) is 30.2 Å². The van der Waals surface area contributed by atoms with Gasteiger partial charge in [-0.15, -0.1) is 0 Å². The molecule has 2 aromatic carbocycles. The fourth-order valence-electron chi connectivity index (χ4n) is 2.77. The number of primary amides is 1. The Morgan fingerprint density at radius 2 is 1.45 bits per heavy atom. The number of amides is 2. The minimum atomic E-state index is -3.57. The normalized spacial score (nSPS) is 17.9. The standard InChI is InChI=1S/C19H12F6N2O2/c20-12-11(8-4-2-1-3-5-8)13(21)15(23)16(14(12)22)27-18(29)10-7-19(24,25)6-9(10)17(26)28/h1-5H,6-7H2,(H2,26,28)(H,27,29)/i1D,2D,3D,4D,5D. The lowest BCUT2D eigenvalue weighted by atomic mass is 10.0. The van der Waals surface area contributed by atoms with Gasteiger partial charge < -0.3 is 11.1 Å². The van der Waals surface area contributed by atoms with Crippen LogP contribution in [0.5, 0.6) is 0 Å². The lowest BCUT2D eigenvalue weighted by Gasteiger charge is -2.14. The molecule has 2 aromatic rings.